The van der Waals surface area contributed by atoms with Crippen LogP contribution < -0.4 is 22.1 Å². The number of carbonyl (C=O) groups is 4. The van der Waals surface area contributed by atoms with Crippen LogP contribution in [-0.2, 0) is 9.59 Å². The molecule has 0 atom stereocenters. The van der Waals surface area contributed by atoms with Gasteiger partial charge in [0.1, 0.15) is 0 Å². The summed E-state index contributed by atoms with van der Waals surface area (Å²) in [7, 11) is 2.95. The second-order valence-corrected chi connectivity index (χ2v) is 1.84. The maximum absolute atomic E-state index is 9.48. The van der Waals surface area contributed by atoms with E-state index >= 15 is 0 Å². The van der Waals surface area contributed by atoms with Crippen molar-refractivity contribution in [1.29, 1.82) is 0 Å². The summed E-state index contributed by atoms with van der Waals surface area (Å²) in [6.45, 7) is 0. The van der Waals surface area contributed by atoms with Crippen LogP contribution in [0.15, 0.2) is 0 Å². The van der Waals surface area contributed by atoms with Gasteiger partial charge in [-0.1, -0.05) is 0 Å². The first kappa shape index (κ1) is 19.1. The van der Waals surface area contributed by atoms with Crippen LogP contribution in [0.25, 0.3) is 0 Å². The van der Waals surface area contributed by atoms with Crippen molar-refractivity contribution in [2.24, 2.45) is 11.5 Å². The van der Waals surface area contributed by atoms with E-state index in [0.29, 0.717) is 0 Å². The first-order valence-corrected chi connectivity index (χ1v) is 3.59. The number of carbonyl (C=O) groups excluding carboxylic acids is 2. The molecule has 0 fully saturated rings. The molecule has 0 aromatic heterocycles. The Labute approximate surface area is 90.6 Å². The number of carboxylic acid groups (broad SMARTS) is 2. The van der Waals surface area contributed by atoms with E-state index in [2.05, 4.69) is 22.1 Å². The summed E-state index contributed by atoms with van der Waals surface area (Å²) in [6, 6.07) is -0.991. The van der Waals surface area contributed by atoms with Crippen LogP contribution in [-0.4, -0.2) is 48.3 Å². The summed E-state index contributed by atoms with van der Waals surface area (Å²) < 4.78 is 0. The van der Waals surface area contributed by atoms with E-state index in [0.717, 1.165) is 0 Å². The fourth-order valence-electron chi connectivity index (χ4n) is 0. The van der Waals surface area contributed by atoms with Gasteiger partial charge in [0.25, 0.3) is 0 Å². The highest BCUT2D eigenvalue weighted by atomic mass is 16.4. The second kappa shape index (κ2) is 12.5. The predicted molar refractivity (Wildman–Crippen MR) is 52.6 cm³/mol. The van der Waals surface area contributed by atoms with Crippen molar-refractivity contribution in [3.05, 3.63) is 0 Å². The minimum Gasteiger partial charge on any atom is -0.473 e. The molecule has 0 aromatic carbocycles. The van der Waals surface area contributed by atoms with Crippen LogP contribution >= 0.6 is 0 Å². The van der Waals surface area contributed by atoms with E-state index in [9.17, 15) is 9.59 Å². The number of hydrogen-bond donors (Lipinski definition) is 6. The molecule has 0 aromatic rings. The molecule has 0 saturated carbocycles. The summed E-state index contributed by atoms with van der Waals surface area (Å²) in [6.07, 6.45) is 0. The molecule has 0 bridgehead atoms. The largest absolute Gasteiger partial charge is 0.473 e. The smallest absolute Gasteiger partial charge is 0.414 e. The molecule has 10 heteroatoms. The highest BCUT2D eigenvalue weighted by Gasteiger charge is 2.04. The standard InChI is InChI=1S/2C2H6N2O.C2H2O4/c2*1-4-2(3)5;3-1(4)2(5)6/h2*1H3,(H3,3,4,5);(H,3,4)(H,5,6). The van der Waals surface area contributed by atoms with Crippen molar-refractivity contribution < 1.29 is 29.4 Å². The number of carboxylic acids is 2. The zero-order valence-electron chi connectivity index (χ0n) is 8.68. The Kier molecular flexibility index (Phi) is 14.9. The van der Waals surface area contributed by atoms with Crippen molar-refractivity contribution in [3.63, 3.8) is 0 Å². The van der Waals surface area contributed by atoms with Crippen LogP contribution in [0.4, 0.5) is 9.59 Å². The third-order valence-electron chi connectivity index (χ3n) is 0.676. The maximum Gasteiger partial charge on any atom is 0.414 e. The van der Waals surface area contributed by atoms with Gasteiger partial charge in [-0.2, -0.15) is 0 Å². The van der Waals surface area contributed by atoms with Crippen LogP contribution in [0.5, 0.6) is 0 Å². The van der Waals surface area contributed by atoms with Crippen LogP contribution in [0.3, 0.4) is 0 Å². The Morgan fingerprint density at radius 2 is 0.938 bits per heavy atom. The van der Waals surface area contributed by atoms with Gasteiger partial charge in [0.2, 0.25) is 0 Å². The fraction of sp³-hybridized carbons (Fsp3) is 0.333. The average Bonchev–Trinajstić information content (AvgIpc) is 2.19. The van der Waals surface area contributed by atoms with Crippen molar-refractivity contribution in [3.8, 4) is 0 Å². The second-order valence-electron chi connectivity index (χ2n) is 1.84. The number of nitrogens with one attached hydrogen (secondary N) is 2. The quantitative estimate of drug-likeness (QED) is 0.258. The van der Waals surface area contributed by atoms with E-state index in [4.69, 9.17) is 19.8 Å². The highest BCUT2D eigenvalue weighted by Crippen LogP contribution is 1.56. The third kappa shape index (κ3) is 42.0. The molecular weight excluding hydrogens is 224 g/mol. The Balaban J connectivity index is -0.000000160. The van der Waals surface area contributed by atoms with Gasteiger partial charge in [0.05, 0.1) is 0 Å². The summed E-state index contributed by atoms with van der Waals surface area (Å²) in [4.78, 5) is 37.2. The third-order valence-corrected chi connectivity index (χ3v) is 0.676. The van der Waals surface area contributed by atoms with E-state index in [1.165, 1.54) is 14.1 Å². The molecule has 0 radical (unpaired) electrons. The molecule has 4 amide bonds. The van der Waals surface area contributed by atoms with Crippen LogP contribution in [0.2, 0.25) is 0 Å². The lowest BCUT2D eigenvalue weighted by atomic mass is 10.7. The van der Waals surface area contributed by atoms with Crippen molar-refractivity contribution >= 4 is 24.0 Å². The molecular formula is C6H14N4O6. The van der Waals surface area contributed by atoms with E-state index in [1.807, 2.05) is 0 Å². The maximum atomic E-state index is 9.48. The van der Waals surface area contributed by atoms with Gasteiger partial charge in [-0.25, -0.2) is 19.2 Å². The lowest BCUT2D eigenvalue weighted by Gasteiger charge is -1.80. The van der Waals surface area contributed by atoms with Gasteiger partial charge in [-0.15, -0.1) is 0 Å². The van der Waals surface area contributed by atoms with Crippen molar-refractivity contribution in [2.75, 3.05) is 14.1 Å². The van der Waals surface area contributed by atoms with Crippen molar-refractivity contribution in [2.45, 2.75) is 0 Å². The Bertz CT molecular complexity index is 227. The molecule has 8 N–H and O–H groups in total. The van der Waals surface area contributed by atoms with Gasteiger partial charge < -0.3 is 32.3 Å². The van der Waals surface area contributed by atoms with Crippen LogP contribution in [0.1, 0.15) is 0 Å². The molecule has 0 aliphatic carbocycles. The lowest BCUT2D eigenvalue weighted by molar-refractivity contribution is -0.159. The van der Waals surface area contributed by atoms with E-state index in [1.54, 1.807) is 0 Å². The number of rotatable bonds is 0. The van der Waals surface area contributed by atoms with Crippen molar-refractivity contribution in [1.82, 2.24) is 10.6 Å². The summed E-state index contributed by atoms with van der Waals surface area (Å²) in [5, 5.41) is 19.1. The molecule has 0 aliphatic rings. The fourth-order valence-corrected chi connectivity index (χ4v) is 0. The zero-order chi connectivity index (χ0) is 13.7. The number of primary amides is 2. The first-order valence-electron chi connectivity index (χ1n) is 3.59. The molecule has 0 unspecified atom stereocenters. The monoisotopic (exact) mass is 238 g/mol. The predicted octanol–water partition coefficient (Wildman–Crippen LogP) is -2.28. The first-order chi connectivity index (χ1) is 7.18. The number of nitrogens with two attached hydrogens (primary N) is 2. The SMILES string of the molecule is CNC(N)=O.CNC(N)=O.O=C(O)C(=O)O. The van der Waals surface area contributed by atoms with Gasteiger partial charge in [-0.3, -0.25) is 0 Å². The van der Waals surface area contributed by atoms with E-state index in [-0.39, 0.29) is 0 Å². The molecule has 0 saturated heterocycles. The minimum atomic E-state index is -1.82. The molecule has 94 valence electrons. The summed E-state index contributed by atoms with van der Waals surface area (Å²) >= 11 is 0. The Morgan fingerprint density at radius 1 is 0.812 bits per heavy atom. The Morgan fingerprint density at radius 3 is 0.938 bits per heavy atom. The number of amides is 4. The molecule has 0 rings (SSSR count). The van der Waals surface area contributed by atoms with Gasteiger partial charge >= 0.3 is 24.0 Å². The lowest BCUT2D eigenvalue weighted by Crippen LogP contribution is -2.24. The summed E-state index contributed by atoms with van der Waals surface area (Å²) in [5.41, 5.74) is 9.08. The topological polar surface area (TPSA) is 185 Å². The molecule has 0 spiro atoms. The molecule has 16 heavy (non-hydrogen) atoms. The molecule has 10 nitrogen and oxygen atoms in total. The zero-order valence-corrected chi connectivity index (χ0v) is 8.68. The van der Waals surface area contributed by atoms with E-state index < -0.39 is 24.0 Å². The summed E-state index contributed by atoms with van der Waals surface area (Å²) in [5.74, 6) is -3.65. The minimum absolute atomic E-state index is 0.495. The molecule has 0 heterocycles. The van der Waals surface area contributed by atoms with Gasteiger partial charge in [-0.05, 0) is 0 Å². The van der Waals surface area contributed by atoms with Gasteiger partial charge in [0, 0.05) is 14.1 Å². The normalized spacial score (nSPS) is 6.88. The number of hydrogen-bond acceptors (Lipinski definition) is 4. The number of aliphatic carboxylic acids is 2. The molecule has 0 aliphatic heterocycles. The number of urea groups is 2. The van der Waals surface area contributed by atoms with Gasteiger partial charge in [0.15, 0.2) is 0 Å². The Hall–Kier alpha value is -2.52. The highest BCUT2D eigenvalue weighted by molar-refractivity contribution is 6.27. The van der Waals surface area contributed by atoms with Crippen LogP contribution in [0, 0.1) is 0 Å². The average molecular weight is 238 g/mol.